The lowest BCUT2D eigenvalue weighted by molar-refractivity contribution is 0.135. The van der Waals surface area contributed by atoms with Crippen molar-refractivity contribution in [2.24, 2.45) is 5.92 Å². The molecule has 0 heterocycles. The lowest BCUT2D eigenvalue weighted by Crippen LogP contribution is -2.46. The van der Waals surface area contributed by atoms with Gasteiger partial charge in [0.2, 0.25) is 0 Å². The Balaban J connectivity index is 4.25. The van der Waals surface area contributed by atoms with E-state index in [-0.39, 0.29) is 4.87 Å². The Labute approximate surface area is 82.9 Å². The van der Waals surface area contributed by atoms with Crippen LogP contribution in [0.3, 0.4) is 0 Å². The van der Waals surface area contributed by atoms with Crippen LogP contribution in [0, 0.1) is 5.92 Å². The molecule has 12 heavy (non-hydrogen) atoms. The molecule has 0 aromatic rings. The number of hydrogen-bond donors (Lipinski definition) is 1. The Morgan fingerprint density at radius 2 is 1.58 bits per heavy atom. The van der Waals surface area contributed by atoms with Crippen molar-refractivity contribution in [3.63, 3.8) is 0 Å². The van der Waals surface area contributed by atoms with Crippen molar-refractivity contribution in [2.45, 2.75) is 52.5 Å². The van der Waals surface area contributed by atoms with Crippen molar-refractivity contribution >= 4 is 12.6 Å². The predicted octanol–water partition coefficient (Wildman–Crippen LogP) is 3.02. The van der Waals surface area contributed by atoms with Crippen molar-refractivity contribution in [3.05, 3.63) is 0 Å². The van der Waals surface area contributed by atoms with E-state index in [0.717, 1.165) is 6.54 Å². The normalized spacial score (nSPS) is 13.5. The van der Waals surface area contributed by atoms with Crippen LogP contribution in [-0.2, 0) is 0 Å². The molecule has 0 rings (SSSR count). The van der Waals surface area contributed by atoms with Crippen LogP contribution in [0.25, 0.3) is 0 Å². The van der Waals surface area contributed by atoms with E-state index in [1.54, 1.807) is 0 Å². The zero-order valence-corrected chi connectivity index (χ0v) is 10.2. The number of hydrogen-bond acceptors (Lipinski definition) is 2. The fourth-order valence-electron chi connectivity index (χ4n) is 1.46. The van der Waals surface area contributed by atoms with Gasteiger partial charge in [-0.15, -0.1) is 0 Å². The monoisotopic (exact) mass is 189 g/mol. The first-order valence-electron chi connectivity index (χ1n) is 4.74. The maximum absolute atomic E-state index is 4.59. The van der Waals surface area contributed by atoms with Gasteiger partial charge in [-0.25, -0.2) is 0 Å². The lowest BCUT2D eigenvalue weighted by atomic mass is 10.1. The molecule has 0 radical (unpaired) electrons. The molecule has 0 aliphatic rings. The molecular weight excluding hydrogens is 166 g/mol. The highest BCUT2D eigenvalue weighted by Gasteiger charge is 2.24. The molecule has 0 aliphatic heterocycles. The van der Waals surface area contributed by atoms with Crippen LogP contribution >= 0.6 is 12.6 Å². The molecule has 0 aliphatic carbocycles. The lowest BCUT2D eigenvalue weighted by Gasteiger charge is -2.39. The van der Waals surface area contributed by atoms with Gasteiger partial charge < -0.3 is 0 Å². The van der Waals surface area contributed by atoms with Crippen molar-refractivity contribution in [1.82, 2.24) is 4.90 Å². The van der Waals surface area contributed by atoms with Gasteiger partial charge in [-0.1, -0.05) is 13.8 Å². The molecule has 0 unspecified atom stereocenters. The first-order valence-corrected chi connectivity index (χ1v) is 5.19. The quantitative estimate of drug-likeness (QED) is 0.525. The van der Waals surface area contributed by atoms with E-state index >= 15 is 0 Å². The average molecular weight is 189 g/mol. The predicted molar refractivity (Wildman–Crippen MR) is 59.7 cm³/mol. The Hall–Kier alpha value is 0.310. The van der Waals surface area contributed by atoms with Gasteiger partial charge in [0, 0.05) is 12.6 Å². The molecule has 74 valence electrons. The van der Waals surface area contributed by atoms with Crippen molar-refractivity contribution in [3.8, 4) is 0 Å². The minimum atomic E-state index is -0.00155. The van der Waals surface area contributed by atoms with Gasteiger partial charge >= 0.3 is 0 Å². The van der Waals surface area contributed by atoms with E-state index < -0.39 is 0 Å². The largest absolute Gasteiger partial charge is 0.287 e. The van der Waals surface area contributed by atoms with Crippen molar-refractivity contribution < 1.29 is 0 Å². The summed E-state index contributed by atoms with van der Waals surface area (Å²) in [4.78, 5) is 2.42. The van der Waals surface area contributed by atoms with Crippen LogP contribution < -0.4 is 0 Å². The summed E-state index contributed by atoms with van der Waals surface area (Å²) in [5, 5.41) is 0. The van der Waals surface area contributed by atoms with Crippen LogP contribution in [0.2, 0.25) is 0 Å². The third kappa shape index (κ3) is 4.36. The Morgan fingerprint density at radius 1 is 1.17 bits per heavy atom. The summed E-state index contributed by atoms with van der Waals surface area (Å²) >= 11 is 4.59. The standard InChI is InChI=1S/C10H23NS/c1-8(2)7-11(9(3)4)10(5,6)12/h8-9,12H,7H2,1-6H3. The van der Waals surface area contributed by atoms with E-state index in [4.69, 9.17) is 0 Å². The number of thiol groups is 1. The van der Waals surface area contributed by atoms with Gasteiger partial charge in [-0.3, -0.25) is 4.90 Å². The summed E-state index contributed by atoms with van der Waals surface area (Å²) in [6.45, 7) is 14.4. The molecule has 0 atom stereocenters. The maximum Gasteiger partial charge on any atom is 0.0585 e. The smallest absolute Gasteiger partial charge is 0.0585 e. The molecular formula is C10H23NS. The summed E-state index contributed by atoms with van der Waals surface area (Å²) in [6, 6.07) is 0.569. The fraction of sp³-hybridized carbons (Fsp3) is 1.00. The van der Waals surface area contributed by atoms with Crippen LogP contribution in [0.15, 0.2) is 0 Å². The highest BCUT2D eigenvalue weighted by atomic mass is 32.1. The highest BCUT2D eigenvalue weighted by Crippen LogP contribution is 2.22. The molecule has 0 saturated heterocycles. The molecule has 0 N–H and O–H groups in total. The molecule has 0 bridgehead atoms. The highest BCUT2D eigenvalue weighted by molar-refractivity contribution is 7.81. The number of nitrogens with zero attached hydrogens (tertiary/aromatic N) is 1. The molecule has 0 fully saturated rings. The van der Waals surface area contributed by atoms with Gasteiger partial charge in [-0.05, 0) is 33.6 Å². The number of rotatable bonds is 4. The van der Waals surface area contributed by atoms with E-state index in [2.05, 4.69) is 59.1 Å². The molecule has 0 amide bonds. The van der Waals surface area contributed by atoms with Crippen LogP contribution in [0.1, 0.15) is 41.5 Å². The minimum Gasteiger partial charge on any atom is -0.287 e. The summed E-state index contributed by atoms with van der Waals surface area (Å²) in [6.07, 6.45) is 0. The van der Waals surface area contributed by atoms with Gasteiger partial charge in [0.15, 0.2) is 0 Å². The van der Waals surface area contributed by atoms with Crippen molar-refractivity contribution in [2.75, 3.05) is 6.54 Å². The summed E-state index contributed by atoms with van der Waals surface area (Å²) in [5.41, 5.74) is 0. The Bertz CT molecular complexity index is 124. The molecule has 0 aromatic carbocycles. The first-order chi connectivity index (χ1) is 5.25. The average Bonchev–Trinajstić information content (AvgIpc) is 1.79. The third-order valence-corrected chi connectivity index (χ3v) is 2.14. The van der Waals surface area contributed by atoms with E-state index in [9.17, 15) is 0 Å². The fourth-order valence-corrected chi connectivity index (χ4v) is 1.77. The third-order valence-electron chi connectivity index (χ3n) is 1.89. The second-order valence-electron chi connectivity index (χ2n) is 4.63. The molecule has 1 nitrogen and oxygen atoms in total. The SMILES string of the molecule is CC(C)CN(C(C)C)C(C)(C)S. The molecule has 0 aromatic heterocycles. The Morgan fingerprint density at radius 3 is 1.67 bits per heavy atom. The second kappa shape index (κ2) is 4.52. The first kappa shape index (κ1) is 12.3. The topological polar surface area (TPSA) is 3.24 Å². The van der Waals surface area contributed by atoms with Gasteiger partial charge in [0.25, 0.3) is 0 Å². The van der Waals surface area contributed by atoms with Gasteiger partial charge in [0.05, 0.1) is 4.87 Å². The summed E-state index contributed by atoms with van der Waals surface area (Å²) in [5.74, 6) is 0.707. The van der Waals surface area contributed by atoms with Crippen LogP contribution in [-0.4, -0.2) is 22.4 Å². The molecule has 0 saturated carbocycles. The summed E-state index contributed by atoms with van der Waals surface area (Å²) < 4.78 is 0. The van der Waals surface area contributed by atoms with Gasteiger partial charge in [0.1, 0.15) is 0 Å². The summed E-state index contributed by atoms with van der Waals surface area (Å²) in [7, 11) is 0. The van der Waals surface area contributed by atoms with E-state index in [1.807, 2.05) is 0 Å². The minimum absolute atomic E-state index is 0.00155. The Kier molecular flexibility index (Phi) is 4.64. The van der Waals surface area contributed by atoms with Crippen LogP contribution in [0.4, 0.5) is 0 Å². The van der Waals surface area contributed by atoms with Gasteiger partial charge in [-0.2, -0.15) is 12.6 Å². The van der Waals surface area contributed by atoms with Crippen LogP contribution in [0.5, 0.6) is 0 Å². The van der Waals surface area contributed by atoms with Crippen molar-refractivity contribution in [1.29, 1.82) is 0 Å². The molecule has 0 spiro atoms. The maximum atomic E-state index is 4.59. The second-order valence-corrected chi connectivity index (χ2v) is 5.73. The molecule has 2 heteroatoms. The zero-order valence-electron chi connectivity index (χ0n) is 9.26. The van der Waals surface area contributed by atoms with E-state index in [1.165, 1.54) is 0 Å². The van der Waals surface area contributed by atoms with E-state index in [0.29, 0.717) is 12.0 Å². The zero-order chi connectivity index (χ0) is 9.94.